The van der Waals surface area contributed by atoms with Gasteiger partial charge in [-0.15, -0.1) is 0 Å². The van der Waals surface area contributed by atoms with E-state index < -0.39 is 28.9 Å². The summed E-state index contributed by atoms with van der Waals surface area (Å²) in [5.74, 6) is -0.627. The van der Waals surface area contributed by atoms with E-state index in [1.54, 1.807) is 45.0 Å². The second kappa shape index (κ2) is 8.16. The fourth-order valence-electron chi connectivity index (χ4n) is 1.68. The fourth-order valence-corrected chi connectivity index (χ4v) is 2.43. The second-order valence-electron chi connectivity index (χ2n) is 5.71. The highest BCUT2D eigenvalue weighted by Crippen LogP contribution is 2.18. The van der Waals surface area contributed by atoms with Crippen LogP contribution in [0, 0.1) is 0 Å². The van der Waals surface area contributed by atoms with Gasteiger partial charge in [-0.05, 0) is 38.5 Å². The molecule has 2 N–H and O–H groups in total. The molecule has 1 aromatic carbocycles. The molecule has 0 aliphatic heterocycles. The molecule has 8 heteroatoms. The van der Waals surface area contributed by atoms with Gasteiger partial charge in [-0.2, -0.15) is 4.31 Å². The molecule has 0 aromatic heterocycles. The van der Waals surface area contributed by atoms with Gasteiger partial charge in [0.2, 0.25) is 11.3 Å². The van der Waals surface area contributed by atoms with Crippen molar-refractivity contribution in [3.63, 3.8) is 0 Å². The number of benzene rings is 1. The molecule has 0 saturated carbocycles. The smallest absolute Gasteiger partial charge is 0.321 e. The topological polar surface area (TPSA) is 87.1 Å². The van der Waals surface area contributed by atoms with Gasteiger partial charge in [-0.3, -0.25) is 9.35 Å². The lowest BCUT2D eigenvalue weighted by Gasteiger charge is -2.24. The van der Waals surface area contributed by atoms with Crippen molar-refractivity contribution in [1.82, 2.24) is 4.31 Å². The van der Waals surface area contributed by atoms with Crippen LogP contribution in [0.3, 0.4) is 0 Å². The summed E-state index contributed by atoms with van der Waals surface area (Å²) in [5.41, 5.74) is -0.0906. The SMILES string of the molecule is CC(C)(C)OC(=O)CN(CC(O)c1ccc(Br)cc1)S(=O)O. The molecule has 0 aliphatic rings. The van der Waals surface area contributed by atoms with Crippen LogP contribution in [0.1, 0.15) is 32.4 Å². The lowest BCUT2D eigenvalue weighted by Crippen LogP contribution is -2.38. The maximum absolute atomic E-state index is 11.7. The van der Waals surface area contributed by atoms with E-state index in [1.165, 1.54) is 0 Å². The number of rotatable bonds is 6. The third-order valence-corrected chi connectivity index (χ3v) is 3.83. The second-order valence-corrected chi connectivity index (χ2v) is 7.60. The average Bonchev–Trinajstić information content (AvgIpc) is 2.36. The van der Waals surface area contributed by atoms with Crippen LogP contribution in [-0.4, -0.2) is 42.8 Å². The summed E-state index contributed by atoms with van der Waals surface area (Å²) in [6.07, 6.45) is -0.994. The van der Waals surface area contributed by atoms with Crippen molar-refractivity contribution in [1.29, 1.82) is 0 Å². The molecular formula is C14H20BrNO5S. The molecule has 0 radical (unpaired) electrons. The van der Waals surface area contributed by atoms with Gasteiger partial charge in [-0.25, -0.2) is 4.21 Å². The standard InChI is InChI=1S/C14H20BrNO5S/c1-14(2,3)21-13(18)9-16(22(19)20)8-12(17)10-4-6-11(15)7-5-10/h4-7,12,17H,8-9H2,1-3H3,(H,19,20). The van der Waals surface area contributed by atoms with E-state index in [0.29, 0.717) is 5.56 Å². The summed E-state index contributed by atoms with van der Waals surface area (Å²) >= 11 is 0.900. The Bertz CT molecular complexity index is 529. The van der Waals surface area contributed by atoms with Gasteiger partial charge < -0.3 is 9.84 Å². The molecule has 1 aromatic rings. The predicted molar refractivity (Wildman–Crippen MR) is 87.3 cm³/mol. The first-order valence-electron chi connectivity index (χ1n) is 6.60. The van der Waals surface area contributed by atoms with Crippen LogP contribution in [0.4, 0.5) is 0 Å². The summed E-state index contributed by atoms with van der Waals surface area (Å²) in [4.78, 5) is 11.7. The van der Waals surface area contributed by atoms with Gasteiger partial charge >= 0.3 is 5.97 Å². The van der Waals surface area contributed by atoms with Crippen LogP contribution in [0.5, 0.6) is 0 Å². The summed E-state index contributed by atoms with van der Waals surface area (Å²) in [5, 5.41) is 10.1. The van der Waals surface area contributed by atoms with Crippen molar-refractivity contribution in [2.75, 3.05) is 13.1 Å². The molecule has 0 spiro atoms. The zero-order valence-corrected chi connectivity index (χ0v) is 15.1. The first-order valence-corrected chi connectivity index (χ1v) is 8.45. The Morgan fingerprint density at radius 3 is 2.36 bits per heavy atom. The molecule has 0 aliphatic carbocycles. The quantitative estimate of drug-likeness (QED) is 0.571. The highest BCUT2D eigenvalue weighted by atomic mass is 79.9. The highest BCUT2D eigenvalue weighted by Gasteiger charge is 2.24. The third kappa shape index (κ3) is 6.97. The predicted octanol–water partition coefficient (Wildman–Crippen LogP) is 2.26. The minimum atomic E-state index is -2.39. The maximum atomic E-state index is 11.7. The van der Waals surface area contributed by atoms with Crippen molar-refractivity contribution in [3.8, 4) is 0 Å². The largest absolute Gasteiger partial charge is 0.459 e. The van der Waals surface area contributed by atoms with Crippen molar-refractivity contribution in [2.45, 2.75) is 32.5 Å². The Labute approximate surface area is 141 Å². The van der Waals surface area contributed by atoms with E-state index in [9.17, 15) is 18.7 Å². The average molecular weight is 394 g/mol. The molecule has 22 heavy (non-hydrogen) atoms. The molecule has 124 valence electrons. The van der Waals surface area contributed by atoms with E-state index in [2.05, 4.69) is 15.9 Å². The minimum Gasteiger partial charge on any atom is -0.459 e. The van der Waals surface area contributed by atoms with Gasteiger partial charge in [-0.1, -0.05) is 28.1 Å². The number of halogens is 1. The summed E-state index contributed by atoms with van der Waals surface area (Å²) in [7, 11) is 0. The number of hydrogen-bond donors (Lipinski definition) is 2. The summed E-state index contributed by atoms with van der Waals surface area (Å²) in [6.45, 7) is 4.59. The minimum absolute atomic E-state index is 0.163. The normalized spacial score (nSPS) is 14.7. The fraction of sp³-hybridized carbons (Fsp3) is 0.500. The number of nitrogens with zero attached hydrogens (tertiary/aromatic N) is 1. The number of esters is 1. The van der Waals surface area contributed by atoms with E-state index in [4.69, 9.17) is 4.74 Å². The number of ether oxygens (including phenoxy) is 1. The monoisotopic (exact) mass is 393 g/mol. The Kier molecular flexibility index (Phi) is 7.14. The molecule has 1 rings (SSSR count). The first kappa shape index (κ1) is 19.2. The Hall–Kier alpha value is -0.800. The van der Waals surface area contributed by atoms with Crippen molar-refractivity contribution in [2.24, 2.45) is 0 Å². The van der Waals surface area contributed by atoms with Crippen LogP contribution in [-0.2, 0) is 20.8 Å². The molecule has 0 fully saturated rings. The van der Waals surface area contributed by atoms with Crippen molar-refractivity contribution in [3.05, 3.63) is 34.3 Å². The van der Waals surface area contributed by atoms with Crippen LogP contribution in [0.25, 0.3) is 0 Å². The molecule has 6 nitrogen and oxygen atoms in total. The Morgan fingerprint density at radius 2 is 1.91 bits per heavy atom. The van der Waals surface area contributed by atoms with E-state index in [1.807, 2.05) is 0 Å². The zero-order chi connectivity index (χ0) is 16.9. The van der Waals surface area contributed by atoms with Gasteiger partial charge in [0.15, 0.2) is 0 Å². The highest BCUT2D eigenvalue weighted by molar-refractivity contribution is 9.10. The van der Waals surface area contributed by atoms with Crippen molar-refractivity contribution >= 4 is 33.2 Å². The lowest BCUT2D eigenvalue weighted by molar-refractivity contribution is -0.155. The maximum Gasteiger partial charge on any atom is 0.321 e. The Morgan fingerprint density at radius 1 is 1.36 bits per heavy atom. The number of hydrogen-bond acceptors (Lipinski definition) is 4. The molecule has 2 atom stereocenters. The van der Waals surface area contributed by atoms with Gasteiger partial charge in [0.1, 0.15) is 12.1 Å². The Balaban J connectivity index is 2.70. The number of aliphatic hydroxyl groups is 1. The van der Waals surface area contributed by atoms with E-state index >= 15 is 0 Å². The van der Waals surface area contributed by atoms with Crippen LogP contribution < -0.4 is 0 Å². The summed E-state index contributed by atoms with van der Waals surface area (Å²) in [6, 6.07) is 6.90. The van der Waals surface area contributed by atoms with Crippen LogP contribution >= 0.6 is 15.9 Å². The van der Waals surface area contributed by atoms with Gasteiger partial charge in [0.25, 0.3) is 0 Å². The molecule has 0 saturated heterocycles. The molecule has 0 heterocycles. The lowest BCUT2D eigenvalue weighted by atomic mass is 10.1. The van der Waals surface area contributed by atoms with E-state index in [0.717, 1.165) is 8.78 Å². The van der Waals surface area contributed by atoms with Gasteiger partial charge in [0.05, 0.1) is 6.10 Å². The molecule has 0 amide bonds. The molecular weight excluding hydrogens is 374 g/mol. The number of aliphatic hydroxyl groups excluding tert-OH is 1. The number of carbonyl (C=O) groups is 1. The van der Waals surface area contributed by atoms with Crippen LogP contribution in [0.2, 0.25) is 0 Å². The van der Waals surface area contributed by atoms with Gasteiger partial charge in [0, 0.05) is 11.0 Å². The summed E-state index contributed by atoms with van der Waals surface area (Å²) < 4.78 is 27.5. The van der Waals surface area contributed by atoms with E-state index in [-0.39, 0.29) is 13.1 Å². The zero-order valence-electron chi connectivity index (χ0n) is 12.7. The third-order valence-electron chi connectivity index (χ3n) is 2.58. The first-order chi connectivity index (χ1) is 10.1. The van der Waals surface area contributed by atoms with Crippen LogP contribution in [0.15, 0.2) is 28.7 Å². The molecule has 0 bridgehead atoms. The molecule has 2 unspecified atom stereocenters. The van der Waals surface area contributed by atoms with Crippen molar-refractivity contribution < 1.29 is 23.4 Å². The number of carbonyl (C=O) groups excluding carboxylic acids is 1.